The molecule has 6 heteroatoms. The quantitative estimate of drug-likeness (QED) is 0.800. The Hall–Kier alpha value is -1.66. The van der Waals surface area contributed by atoms with Crippen LogP contribution in [0.3, 0.4) is 0 Å². The zero-order valence-corrected chi connectivity index (χ0v) is 11.8. The maximum Gasteiger partial charge on any atom is 0.254 e. The fourth-order valence-corrected chi connectivity index (χ4v) is 3.00. The summed E-state index contributed by atoms with van der Waals surface area (Å²) in [7, 11) is 1.64. The Morgan fingerprint density at radius 3 is 2.85 bits per heavy atom. The van der Waals surface area contributed by atoms with Crippen molar-refractivity contribution in [3.63, 3.8) is 0 Å². The largest absolute Gasteiger partial charge is 0.368 e. The van der Waals surface area contributed by atoms with Gasteiger partial charge in [0.2, 0.25) is 0 Å². The van der Waals surface area contributed by atoms with E-state index in [1.165, 1.54) is 13.1 Å². The SMILES string of the molecule is CNC(=O)c1cccnc1NCC1CN2CCN1CC2. The van der Waals surface area contributed by atoms with Crippen molar-refractivity contribution in [1.82, 2.24) is 20.1 Å². The lowest BCUT2D eigenvalue weighted by Gasteiger charge is -2.47. The van der Waals surface area contributed by atoms with Crippen molar-refractivity contribution in [3.05, 3.63) is 23.9 Å². The highest BCUT2D eigenvalue weighted by atomic mass is 16.1. The predicted octanol–water partition coefficient (Wildman–Crippen LogP) is -0.147. The van der Waals surface area contributed by atoms with Gasteiger partial charge in [-0.2, -0.15) is 0 Å². The summed E-state index contributed by atoms with van der Waals surface area (Å²) >= 11 is 0. The Morgan fingerprint density at radius 2 is 2.20 bits per heavy atom. The number of nitrogens with one attached hydrogen (secondary N) is 2. The van der Waals surface area contributed by atoms with E-state index in [0.29, 0.717) is 17.4 Å². The summed E-state index contributed by atoms with van der Waals surface area (Å²) in [6, 6.07) is 4.09. The normalized spacial score (nSPS) is 28.1. The number of carbonyl (C=O) groups is 1. The lowest BCUT2D eigenvalue weighted by molar-refractivity contribution is 0.0189. The Kier molecular flexibility index (Phi) is 3.84. The lowest BCUT2D eigenvalue weighted by Crippen LogP contribution is -2.62. The van der Waals surface area contributed by atoms with Crippen LogP contribution in [0.5, 0.6) is 0 Å². The van der Waals surface area contributed by atoms with E-state index in [1.807, 2.05) is 0 Å². The molecule has 0 spiro atoms. The Bertz CT molecular complexity index is 484. The van der Waals surface area contributed by atoms with Gasteiger partial charge >= 0.3 is 0 Å². The van der Waals surface area contributed by atoms with Gasteiger partial charge in [0.1, 0.15) is 5.82 Å². The van der Waals surface area contributed by atoms with Crippen LogP contribution in [0.1, 0.15) is 10.4 Å². The zero-order valence-electron chi connectivity index (χ0n) is 11.8. The zero-order chi connectivity index (χ0) is 13.9. The van der Waals surface area contributed by atoms with Crippen LogP contribution < -0.4 is 10.6 Å². The second kappa shape index (κ2) is 5.76. The van der Waals surface area contributed by atoms with E-state index >= 15 is 0 Å². The average Bonchev–Trinajstić information content (AvgIpc) is 2.53. The predicted molar refractivity (Wildman–Crippen MR) is 77.9 cm³/mol. The lowest BCUT2D eigenvalue weighted by atomic mass is 10.1. The molecular weight excluding hydrogens is 254 g/mol. The molecule has 0 saturated carbocycles. The van der Waals surface area contributed by atoms with Crippen molar-refractivity contribution < 1.29 is 4.79 Å². The van der Waals surface area contributed by atoms with Gasteiger partial charge in [0.25, 0.3) is 5.91 Å². The first-order valence-electron chi connectivity index (χ1n) is 7.15. The molecule has 1 amide bonds. The molecule has 1 atom stereocenters. The molecule has 1 aromatic rings. The first-order valence-corrected chi connectivity index (χ1v) is 7.15. The number of nitrogens with zero attached hydrogens (tertiary/aromatic N) is 3. The van der Waals surface area contributed by atoms with Crippen LogP contribution in [0.4, 0.5) is 5.82 Å². The second-order valence-electron chi connectivity index (χ2n) is 5.35. The fourth-order valence-electron chi connectivity index (χ4n) is 3.00. The molecule has 6 nitrogen and oxygen atoms in total. The van der Waals surface area contributed by atoms with Gasteiger partial charge in [-0.25, -0.2) is 4.98 Å². The van der Waals surface area contributed by atoms with Crippen LogP contribution >= 0.6 is 0 Å². The summed E-state index contributed by atoms with van der Waals surface area (Å²) in [6.45, 7) is 6.60. The maximum absolute atomic E-state index is 11.8. The highest BCUT2D eigenvalue weighted by Gasteiger charge is 2.31. The third kappa shape index (κ3) is 2.62. The van der Waals surface area contributed by atoms with E-state index in [1.54, 1.807) is 25.4 Å². The number of hydrogen-bond acceptors (Lipinski definition) is 5. The minimum Gasteiger partial charge on any atom is -0.368 e. The molecule has 3 fully saturated rings. The third-order valence-electron chi connectivity index (χ3n) is 4.18. The van der Waals surface area contributed by atoms with Crippen LogP contribution in [0, 0.1) is 0 Å². The van der Waals surface area contributed by atoms with Gasteiger partial charge in [-0.1, -0.05) is 0 Å². The van der Waals surface area contributed by atoms with Crippen LogP contribution in [0.2, 0.25) is 0 Å². The highest BCUT2D eigenvalue weighted by molar-refractivity contribution is 5.98. The summed E-state index contributed by atoms with van der Waals surface area (Å²) in [5.41, 5.74) is 0.603. The van der Waals surface area contributed by atoms with E-state index in [9.17, 15) is 4.79 Å². The Labute approximate surface area is 119 Å². The first kappa shape index (κ1) is 13.3. The van der Waals surface area contributed by atoms with E-state index in [4.69, 9.17) is 0 Å². The summed E-state index contributed by atoms with van der Waals surface area (Å²) in [5, 5.41) is 5.99. The molecule has 0 radical (unpaired) electrons. The molecule has 2 N–H and O–H groups in total. The standard InChI is InChI=1S/C14H21N5O/c1-15-14(20)12-3-2-4-16-13(12)17-9-11-10-18-5-7-19(11)8-6-18/h2-4,11H,5-10H2,1H3,(H,15,20)(H,16,17). The molecule has 2 bridgehead atoms. The van der Waals surface area contributed by atoms with E-state index in [-0.39, 0.29) is 5.91 Å². The van der Waals surface area contributed by atoms with Gasteiger partial charge in [-0.3, -0.25) is 14.6 Å². The number of hydrogen-bond donors (Lipinski definition) is 2. The number of pyridine rings is 1. The molecule has 1 unspecified atom stereocenters. The smallest absolute Gasteiger partial charge is 0.254 e. The van der Waals surface area contributed by atoms with Crippen molar-refractivity contribution in [2.75, 3.05) is 51.6 Å². The minimum absolute atomic E-state index is 0.102. The number of amides is 1. The maximum atomic E-state index is 11.8. The Morgan fingerprint density at radius 1 is 1.40 bits per heavy atom. The van der Waals surface area contributed by atoms with Crippen molar-refractivity contribution in [2.45, 2.75) is 6.04 Å². The summed E-state index contributed by atoms with van der Waals surface area (Å²) in [4.78, 5) is 21.1. The number of aromatic nitrogens is 1. The molecule has 0 aromatic carbocycles. The molecule has 3 saturated heterocycles. The highest BCUT2D eigenvalue weighted by Crippen LogP contribution is 2.17. The number of anilines is 1. The number of piperazine rings is 3. The van der Waals surface area contributed by atoms with Crippen LogP contribution in [0.15, 0.2) is 18.3 Å². The molecule has 108 valence electrons. The Balaban J connectivity index is 1.65. The first-order chi connectivity index (χ1) is 9.78. The summed E-state index contributed by atoms with van der Waals surface area (Å²) in [5.74, 6) is 0.569. The third-order valence-corrected chi connectivity index (χ3v) is 4.18. The topological polar surface area (TPSA) is 60.5 Å². The molecule has 3 aliphatic heterocycles. The van der Waals surface area contributed by atoms with Gasteiger partial charge in [-0.15, -0.1) is 0 Å². The molecule has 4 heterocycles. The van der Waals surface area contributed by atoms with Crippen molar-refractivity contribution in [2.24, 2.45) is 0 Å². The summed E-state index contributed by atoms with van der Waals surface area (Å²) in [6.07, 6.45) is 1.71. The van der Waals surface area contributed by atoms with Crippen molar-refractivity contribution in [3.8, 4) is 0 Å². The van der Waals surface area contributed by atoms with Gasteiger partial charge in [0.15, 0.2) is 0 Å². The fraction of sp³-hybridized carbons (Fsp3) is 0.571. The molecule has 20 heavy (non-hydrogen) atoms. The number of fused-ring (bicyclic) bond motifs is 3. The van der Waals surface area contributed by atoms with Crippen molar-refractivity contribution in [1.29, 1.82) is 0 Å². The monoisotopic (exact) mass is 275 g/mol. The van der Waals surface area contributed by atoms with E-state index in [2.05, 4.69) is 25.4 Å². The van der Waals surface area contributed by atoms with E-state index < -0.39 is 0 Å². The van der Waals surface area contributed by atoms with Gasteiger partial charge in [-0.05, 0) is 12.1 Å². The van der Waals surface area contributed by atoms with Crippen LogP contribution in [-0.2, 0) is 0 Å². The summed E-state index contributed by atoms with van der Waals surface area (Å²) < 4.78 is 0. The van der Waals surface area contributed by atoms with Crippen LogP contribution in [-0.4, -0.2) is 73.0 Å². The number of rotatable bonds is 4. The van der Waals surface area contributed by atoms with Crippen molar-refractivity contribution >= 4 is 11.7 Å². The average molecular weight is 275 g/mol. The number of carbonyl (C=O) groups excluding carboxylic acids is 1. The minimum atomic E-state index is -0.102. The van der Waals surface area contributed by atoms with Gasteiger partial charge < -0.3 is 10.6 Å². The molecule has 4 rings (SSSR count). The molecule has 3 aliphatic rings. The van der Waals surface area contributed by atoms with Gasteiger partial charge in [0.05, 0.1) is 5.56 Å². The molecular formula is C14H21N5O. The van der Waals surface area contributed by atoms with Crippen LogP contribution in [0.25, 0.3) is 0 Å². The molecule has 1 aromatic heterocycles. The molecule has 0 aliphatic carbocycles. The second-order valence-corrected chi connectivity index (χ2v) is 5.35. The van der Waals surface area contributed by atoms with E-state index in [0.717, 1.165) is 26.2 Å². The van der Waals surface area contributed by atoms with Gasteiger partial charge in [0, 0.05) is 58.6 Å².